The Labute approximate surface area is 104 Å². The van der Waals surface area contributed by atoms with E-state index in [4.69, 9.17) is 5.73 Å². The number of aryl methyl sites for hydroxylation is 2. The molecule has 0 aliphatic carbocycles. The smallest absolute Gasteiger partial charge is 0.161 e. The Morgan fingerprint density at radius 2 is 2.17 bits per heavy atom. The van der Waals surface area contributed by atoms with Crippen molar-refractivity contribution in [2.24, 2.45) is 12.8 Å². The van der Waals surface area contributed by atoms with Crippen LogP contribution in [0.4, 0.5) is 0 Å². The van der Waals surface area contributed by atoms with Crippen LogP contribution in [0.5, 0.6) is 0 Å². The molecule has 0 aromatic carbocycles. The maximum atomic E-state index is 6.20. The molecule has 0 bridgehead atoms. The van der Waals surface area contributed by atoms with Crippen LogP contribution in [0.25, 0.3) is 5.65 Å². The third-order valence-corrected chi connectivity index (χ3v) is 2.95. The first-order valence-corrected chi connectivity index (χ1v) is 5.70. The Morgan fingerprint density at radius 3 is 2.89 bits per heavy atom. The largest absolute Gasteiger partial charge is 0.318 e. The SMILES string of the molecule is Cc1ccn2c(C(N)c3cnn(C)c3)nnc2c1. The zero-order valence-corrected chi connectivity index (χ0v) is 10.3. The lowest BCUT2D eigenvalue weighted by Gasteiger charge is -2.07. The molecule has 0 aliphatic heterocycles. The fraction of sp³-hybridized carbons (Fsp3) is 0.250. The van der Waals surface area contributed by atoms with E-state index in [1.54, 1.807) is 10.9 Å². The van der Waals surface area contributed by atoms with Gasteiger partial charge in [0.25, 0.3) is 0 Å². The van der Waals surface area contributed by atoms with Gasteiger partial charge in [-0.05, 0) is 24.6 Å². The van der Waals surface area contributed by atoms with Gasteiger partial charge >= 0.3 is 0 Å². The number of rotatable bonds is 2. The average molecular weight is 242 g/mol. The van der Waals surface area contributed by atoms with E-state index in [0.717, 1.165) is 22.6 Å². The summed E-state index contributed by atoms with van der Waals surface area (Å²) < 4.78 is 3.63. The Morgan fingerprint density at radius 1 is 1.33 bits per heavy atom. The number of hydrogen-bond acceptors (Lipinski definition) is 4. The number of nitrogens with two attached hydrogens (primary N) is 1. The average Bonchev–Trinajstić information content (AvgIpc) is 2.94. The monoisotopic (exact) mass is 242 g/mol. The van der Waals surface area contributed by atoms with E-state index in [2.05, 4.69) is 15.3 Å². The van der Waals surface area contributed by atoms with E-state index in [-0.39, 0.29) is 6.04 Å². The van der Waals surface area contributed by atoms with Gasteiger partial charge in [0.2, 0.25) is 0 Å². The van der Waals surface area contributed by atoms with E-state index < -0.39 is 0 Å². The number of fused-ring (bicyclic) bond motifs is 1. The molecule has 92 valence electrons. The zero-order valence-electron chi connectivity index (χ0n) is 10.3. The lowest BCUT2D eigenvalue weighted by atomic mass is 10.1. The minimum Gasteiger partial charge on any atom is -0.318 e. The van der Waals surface area contributed by atoms with Gasteiger partial charge in [0.05, 0.1) is 12.2 Å². The van der Waals surface area contributed by atoms with E-state index >= 15 is 0 Å². The number of hydrogen-bond donors (Lipinski definition) is 1. The summed E-state index contributed by atoms with van der Waals surface area (Å²) in [6.07, 6.45) is 5.58. The van der Waals surface area contributed by atoms with E-state index in [1.165, 1.54) is 0 Å². The van der Waals surface area contributed by atoms with Gasteiger partial charge < -0.3 is 5.73 Å². The Balaban J connectivity index is 2.09. The van der Waals surface area contributed by atoms with E-state index in [1.807, 2.05) is 42.9 Å². The number of pyridine rings is 1. The molecule has 0 spiro atoms. The molecule has 2 N–H and O–H groups in total. The maximum Gasteiger partial charge on any atom is 0.161 e. The molecule has 3 aromatic heterocycles. The lowest BCUT2D eigenvalue weighted by Crippen LogP contribution is -2.15. The van der Waals surface area contributed by atoms with E-state index in [0.29, 0.717) is 0 Å². The van der Waals surface area contributed by atoms with Crippen LogP contribution in [-0.2, 0) is 7.05 Å². The highest BCUT2D eigenvalue weighted by atomic mass is 15.3. The second kappa shape index (κ2) is 3.92. The molecule has 0 amide bonds. The van der Waals surface area contributed by atoms with Crippen LogP contribution in [0, 0.1) is 6.92 Å². The van der Waals surface area contributed by atoms with Crippen molar-refractivity contribution in [1.29, 1.82) is 0 Å². The first-order valence-electron chi connectivity index (χ1n) is 5.70. The van der Waals surface area contributed by atoms with Gasteiger partial charge in [-0.25, -0.2) is 0 Å². The van der Waals surface area contributed by atoms with Gasteiger partial charge in [-0.15, -0.1) is 10.2 Å². The van der Waals surface area contributed by atoms with Crippen molar-refractivity contribution < 1.29 is 0 Å². The van der Waals surface area contributed by atoms with Gasteiger partial charge in [0.1, 0.15) is 0 Å². The predicted molar refractivity (Wildman–Crippen MR) is 67.0 cm³/mol. The van der Waals surface area contributed by atoms with Crippen LogP contribution < -0.4 is 5.73 Å². The molecule has 18 heavy (non-hydrogen) atoms. The summed E-state index contributed by atoms with van der Waals surface area (Å²) in [5, 5.41) is 12.4. The van der Waals surface area contributed by atoms with E-state index in [9.17, 15) is 0 Å². The van der Waals surface area contributed by atoms with Gasteiger partial charge in [0.15, 0.2) is 11.5 Å². The van der Waals surface area contributed by atoms with Crippen LogP contribution in [0.2, 0.25) is 0 Å². The first-order chi connectivity index (χ1) is 8.65. The van der Waals surface area contributed by atoms with Gasteiger partial charge in [-0.2, -0.15) is 5.10 Å². The molecule has 3 aromatic rings. The van der Waals surface area contributed by atoms with Crippen LogP contribution >= 0.6 is 0 Å². The van der Waals surface area contributed by atoms with Crippen LogP contribution in [0.1, 0.15) is 23.0 Å². The second-order valence-electron chi connectivity index (χ2n) is 4.42. The molecule has 6 nitrogen and oxygen atoms in total. The third-order valence-electron chi connectivity index (χ3n) is 2.95. The third kappa shape index (κ3) is 1.67. The molecule has 0 saturated carbocycles. The molecule has 6 heteroatoms. The van der Waals surface area contributed by atoms with Gasteiger partial charge in [0, 0.05) is 25.0 Å². The maximum absolute atomic E-state index is 6.20. The summed E-state index contributed by atoms with van der Waals surface area (Å²) in [5.74, 6) is 0.720. The molecule has 1 unspecified atom stereocenters. The Hall–Kier alpha value is -2.21. The molecule has 3 rings (SSSR count). The Bertz CT molecular complexity index is 695. The Kier molecular flexibility index (Phi) is 2.38. The second-order valence-corrected chi connectivity index (χ2v) is 4.42. The minimum atomic E-state index is -0.323. The fourth-order valence-corrected chi connectivity index (χ4v) is 1.97. The summed E-state index contributed by atoms with van der Waals surface area (Å²) in [7, 11) is 1.86. The van der Waals surface area contributed by atoms with Crippen LogP contribution in [-0.4, -0.2) is 24.4 Å². The zero-order chi connectivity index (χ0) is 12.7. The highest BCUT2D eigenvalue weighted by molar-refractivity contribution is 5.41. The highest BCUT2D eigenvalue weighted by Gasteiger charge is 2.17. The van der Waals surface area contributed by atoms with Crippen molar-refractivity contribution in [1.82, 2.24) is 24.4 Å². The van der Waals surface area contributed by atoms with Crippen LogP contribution in [0.15, 0.2) is 30.7 Å². The van der Waals surface area contributed by atoms with Crippen molar-refractivity contribution in [2.75, 3.05) is 0 Å². The quantitative estimate of drug-likeness (QED) is 0.722. The van der Waals surface area contributed by atoms with Gasteiger partial charge in [-0.3, -0.25) is 9.08 Å². The van der Waals surface area contributed by atoms with Crippen LogP contribution in [0.3, 0.4) is 0 Å². The van der Waals surface area contributed by atoms with Crippen molar-refractivity contribution in [2.45, 2.75) is 13.0 Å². The summed E-state index contributed by atoms with van der Waals surface area (Å²) in [4.78, 5) is 0. The molecular weight excluding hydrogens is 228 g/mol. The molecule has 1 atom stereocenters. The van der Waals surface area contributed by atoms with Gasteiger partial charge in [-0.1, -0.05) is 0 Å². The fourth-order valence-electron chi connectivity index (χ4n) is 1.97. The summed E-state index contributed by atoms with van der Waals surface area (Å²) in [5.41, 5.74) is 9.08. The number of aromatic nitrogens is 5. The molecular formula is C12H14N6. The highest BCUT2D eigenvalue weighted by Crippen LogP contribution is 2.18. The normalized spacial score (nSPS) is 13.1. The molecule has 3 heterocycles. The van der Waals surface area contributed by atoms with Crippen molar-refractivity contribution in [3.8, 4) is 0 Å². The standard InChI is InChI=1S/C12H14N6/c1-8-3-4-18-10(5-8)15-16-12(18)11(13)9-6-14-17(2)7-9/h3-7,11H,13H2,1-2H3. The van der Waals surface area contributed by atoms with Crippen molar-refractivity contribution in [3.05, 3.63) is 47.7 Å². The van der Waals surface area contributed by atoms with Crippen molar-refractivity contribution >= 4 is 5.65 Å². The summed E-state index contributed by atoms with van der Waals surface area (Å²) >= 11 is 0. The molecule has 0 aliphatic rings. The first kappa shape index (κ1) is 10.9. The topological polar surface area (TPSA) is 74.0 Å². The summed E-state index contributed by atoms with van der Waals surface area (Å²) in [6.45, 7) is 2.02. The van der Waals surface area contributed by atoms with Crippen molar-refractivity contribution in [3.63, 3.8) is 0 Å². The summed E-state index contributed by atoms with van der Waals surface area (Å²) in [6, 6.07) is 3.67. The lowest BCUT2D eigenvalue weighted by molar-refractivity contribution is 0.752. The minimum absolute atomic E-state index is 0.323. The molecule has 0 saturated heterocycles. The molecule has 0 radical (unpaired) electrons. The number of nitrogens with zero attached hydrogens (tertiary/aromatic N) is 5. The molecule has 0 fully saturated rings. The predicted octanol–water partition coefficient (Wildman–Crippen LogP) is 0.819.